The Morgan fingerprint density at radius 1 is 1.23 bits per heavy atom. The summed E-state index contributed by atoms with van der Waals surface area (Å²) in [6.45, 7) is 0. The Labute approximate surface area is 276 Å². The molecule has 1 aromatic carbocycles. The van der Waals surface area contributed by atoms with Crippen molar-refractivity contribution in [3.8, 4) is 11.5 Å². The summed E-state index contributed by atoms with van der Waals surface area (Å²) in [7, 11) is 1.67. The molecule has 3 aromatic rings. The predicted octanol–water partition coefficient (Wildman–Crippen LogP) is -1.74. The lowest BCUT2D eigenvalue weighted by atomic mass is 10.0. The number of carbonyl (C=O) groups is 4. The molecule has 2 aliphatic heterocycles. The van der Waals surface area contributed by atoms with Crippen LogP contribution < -0.4 is 32.2 Å². The summed E-state index contributed by atoms with van der Waals surface area (Å²) < 4.78 is 1.57. The molecule has 47 heavy (non-hydrogen) atoms. The van der Waals surface area contributed by atoms with E-state index in [1.807, 2.05) is 0 Å². The van der Waals surface area contributed by atoms with E-state index in [-0.39, 0.29) is 39.4 Å². The van der Waals surface area contributed by atoms with Gasteiger partial charge in [-0.15, -0.1) is 23.1 Å². The number of anilines is 3. The molecule has 4 heterocycles. The number of benzene rings is 1. The Kier molecular flexibility index (Phi) is 9.31. The quantitative estimate of drug-likeness (QED) is 0.0222. The van der Waals surface area contributed by atoms with Crippen LogP contribution in [-0.4, -0.2) is 82.6 Å². The highest BCUT2D eigenvalue weighted by atomic mass is 32.2. The Morgan fingerprint density at radius 2 is 1.98 bits per heavy atom. The molecular formula is C26H25N9O9S3. The highest BCUT2D eigenvalue weighted by molar-refractivity contribution is 8.01. The molecule has 1 saturated heterocycles. The van der Waals surface area contributed by atoms with E-state index in [1.54, 1.807) is 11.6 Å². The van der Waals surface area contributed by atoms with Gasteiger partial charge in [-0.25, -0.2) is 14.3 Å². The molecule has 18 nitrogen and oxygen atoms in total. The summed E-state index contributed by atoms with van der Waals surface area (Å²) in [5.74, 6) is -5.16. The van der Waals surface area contributed by atoms with Gasteiger partial charge in [0.15, 0.2) is 22.3 Å². The number of hydrogen-bond donors (Lipinski definition) is 7. The van der Waals surface area contributed by atoms with Crippen LogP contribution >= 0.6 is 34.9 Å². The number of nitrogens with zero attached hydrogens (tertiary/aromatic N) is 5. The lowest BCUT2D eigenvalue weighted by molar-refractivity contribution is -0.698. The first-order valence-corrected chi connectivity index (χ1v) is 16.1. The zero-order valence-corrected chi connectivity index (χ0v) is 26.5. The summed E-state index contributed by atoms with van der Waals surface area (Å²) in [4.78, 5) is 65.3. The molecule has 10 N–H and O–H groups in total. The molecule has 0 aliphatic carbocycles. The van der Waals surface area contributed by atoms with Crippen LogP contribution in [0.2, 0.25) is 0 Å². The fourth-order valence-electron chi connectivity index (χ4n) is 4.51. The standard InChI is InChI=1S/C26H25N9O9S3/c1-34-15(28)5-14(27)31-26(34)47-7-10-6-45-22-17(21(39)35(22)18(10)23(40)41)32-20(38)16(11-8-46-25(29)30-11)33-44-19(24(42)43)9-2-3-12(36)13(37)4-9/h2-5,8,17,19,22H,6-7H2,1H3,(H10,27,28,29,30,32,33,36,37,38,40,41,42,43)/t17-,19+,22-/m1/s1. The van der Waals surface area contributed by atoms with Crippen LogP contribution in [0.4, 0.5) is 16.8 Å². The number of phenolic OH excluding ortho intramolecular Hbond substituents is 2. The Bertz CT molecular complexity index is 1870. The van der Waals surface area contributed by atoms with Crippen LogP contribution in [0, 0.1) is 0 Å². The Hall–Kier alpha value is -5.28. The van der Waals surface area contributed by atoms with Crippen molar-refractivity contribution in [2.24, 2.45) is 12.2 Å². The van der Waals surface area contributed by atoms with E-state index in [2.05, 4.69) is 20.4 Å². The predicted molar refractivity (Wildman–Crippen MR) is 166 cm³/mol. The zero-order chi connectivity index (χ0) is 34.2. The molecule has 0 radical (unpaired) electrons. The van der Waals surface area contributed by atoms with Crippen LogP contribution in [0.25, 0.3) is 0 Å². The van der Waals surface area contributed by atoms with Crippen molar-refractivity contribution < 1.29 is 49.0 Å². The van der Waals surface area contributed by atoms with E-state index in [1.165, 1.54) is 29.3 Å². The van der Waals surface area contributed by atoms with Gasteiger partial charge in [-0.05, 0) is 29.5 Å². The fraction of sp³-hybridized carbons (Fsp3) is 0.231. The van der Waals surface area contributed by atoms with Gasteiger partial charge in [0.25, 0.3) is 11.8 Å². The number of amides is 2. The first kappa shape index (κ1) is 33.1. The van der Waals surface area contributed by atoms with Gasteiger partial charge in [0.1, 0.15) is 17.1 Å². The number of hydrogen-bond acceptors (Lipinski definition) is 17. The molecule has 5 rings (SSSR count). The minimum Gasteiger partial charge on any atom is -0.543 e. The average Bonchev–Trinajstić information content (AvgIpc) is 3.45. The van der Waals surface area contributed by atoms with Crippen LogP contribution in [0.1, 0.15) is 17.4 Å². The van der Waals surface area contributed by atoms with Crippen molar-refractivity contribution in [1.82, 2.24) is 20.2 Å². The van der Waals surface area contributed by atoms with Crippen LogP contribution in [0.15, 0.2) is 51.2 Å². The van der Waals surface area contributed by atoms with Gasteiger partial charge in [-0.1, -0.05) is 16.2 Å². The van der Waals surface area contributed by atoms with Gasteiger partial charge in [0, 0.05) is 22.4 Å². The topological polar surface area (TPSA) is 297 Å². The van der Waals surface area contributed by atoms with Gasteiger partial charge in [0.2, 0.25) is 17.7 Å². The van der Waals surface area contributed by atoms with Crippen molar-refractivity contribution in [3.05, 3.63) is 52.2 Å². The summed E-state index contributed by atoms with van der Waals surface area (Å²) >= 11 is 3.32. The van der Waals surface area contributed by atoms with E-state index in [9.17, 15) is 39.6 Å². The minimum absolute atomic E-state index is 0.0475. The van der Waals surface area contributed by atoms with Gasteiger partial charge in [-0.2, -0.15) is 0 Å². The molecule has 2 aromatic heterocycles. The number of aromatic hydroxyl groups is 2. The number of nitrogen functional groups attached to an aromatic ring is 3. The molecule has 2 amide bonds. The number of nitrogens with two attached hydrogens (primary N) is 3. The van der Waals surface area contributed by atoms with Gasteiger partial charge < -0.3 is 52.6 Å². The maximum absolute atomic E-state index is 13.4. The minimum atomic E-state index is -1.83. The van der Waals surface area contributed by atoms with E-state index in [0.29, 0.717) is 16.5 Å². The van der Waals surface area contributed by atoms with Crippen molar-refractivity contribution >= 4 is 81.1 Å². The van der Waals surface area contributed by atoms with Crippen molar-refractivity contribution in [2.45, 2.75) is 22.7 Å². The number of β-lactam (4-membered cyclic amide) rings is 1. The number of aromatic nitrogens is 3. The molecular weight excluding hydrogens is 679 g/mol. The van der Waals surface area contributed by atoms with Gasteiger partial charge in [0.05, 0.1) is 24.8 Å². The van der Waals surface area contributed by atoms with E-state index < -0.39 is 58.5 Å². The lowest BCUT2D eigenvalue weighted by Crippen LogP contribution is -2.71. The summed E-state index contributed by atoms with van der Waals surface area (Å²) in [6.07, 6.45) is -1.83. The average molecular weight is 704 g/mol. The molecule has 1 fully saturated rings. The lowest BCUT2D eigenvalue weighted by Gasteiger charge is -2.50. The number of carbonyl (C=O) groups excluding carboxylic acids is 3. The highest BCUT2D eigenvalue weighted by Gasteiger charge is 2.53. The van der Waals surface area contributed by atoms with E-state index in [0.717, 1.165) is 40.1 Å². The van der Waals surface area contributed by atoms with Crippen molar-refractivity contribution in [2.75, 3.05) is 28.7 Å². The van der Waals surface area contributed by atoms with E-state index in [4.69, 9.17) is 22.0 Å². The SMILES string of the molecule is C[n+]1c(N)cc(N)nc1SCC1=C(C(=O)[O-])N2C(=O)[C@@H](NC(=O)/C(=N\O[C@H](C(=O)O)c3ccc(O)c(O)c3)c3csc(N)n3)[C@H]2SC1. The first-order valence-electron chi connectivity index (χ1n) is 13.2. The molecule has 0 saturated carbocycles. The van der Waals surface area contributed by atoms with Crippen molar-refractivity contribution in [1.29, 1.82) is 0 Å². The number of thioether (sulfide) groups is 2. The second kappa shape index (κ2) is 13.2. The maximum Gasteiger partial charge on any atom is 0.352 e. The fourth-order valence-corrected chi connectivity index (χ4v) is 7.54. The van der Waals surface area contributed by atoms with Crippen LogP contribution in [0.5, 0.6) is 11.5 Å². The second-order valence-electron chi connectivity index (χ2n) is 9.92. The molecule has 0 unspecified atom stereocenters. The number of carboxylic acids is 2. The molecule has 2 aliphatic rings. The Morgan fingerprint density at radius 3 is 2.62 bits per heavy atom. The number of phenols is 2. The summed E-state index contributed by atoms with van der Waals surface area (Å²) in [6, 6.07) is 3.43. The van der Waals surface area contributed by atoms with Crippen LogP contribution in [0.3, 0.4) is 0 Å². The number of fused-ring (bicyclic) bond motifs is 1. The third kappa shape index (κ3) is 6.66. The summed E-state index contributed by atoms with van der Waals surface area (Å²) in [5, 5.41) is 48.5. The number of rotatable bonds is 11. The zero-order valence-electron chi connectivity index (χ0n) is 24.0. The third-order valence-electron chi connectivity index (χ3n) is 6.85. The molecule has 0 spiro atoms. The molecule has 3 atom stereocenters. The van der Waals surface area contributed by atoms with Gasteiger partial charge in [-0.3, -0.25) is 14.5 Å². The number of oxime groups is 1. The van der Waals surface area contributed by atoms with Crippen molar-refractivity contribution in [3.63, 3.8) is 0 Å². The molecule has 0 bridgehead atoms. The monoisotopic (exact) mass is 703 g/mol. The molecule has 246 valence electrons. The van der Waals surface area contributed by atoms with Crippen LogP contribution in [-0.2, 0) is 31.1 Å². The smallest absolute Gasteiger partial charge is 0.352 e. The maximum atomic E-state index is 13.4. The highest BCUT2D eigenvalue weighted by Crippen LogP contribution is 2.41. The normalized spacial score (nSPS) is 18.3. The second-order valence-corrected chi connectivity index (χ2v) is 12.9. The Balaban J connectivity index is 1.36. The number of aliphatic carboxylic acids is 2. The third-order valence-corrected chi connectivity index (χ3v) is 9.98. The first-order chi connectivity index (χ1) is 22.3. The largest absolute Gasteiger partial charge is 0.543 e. The summed E-state index contributed by atoms with van der Waals surface area (Å²) in [5.41, 5.74) is 16.7. The molecule has 21 heteroatoms. The number of thiazole rings is 1. The van der Waals surface area contributed by atoms with E-state index >= 15 is 0 Å². The number of carboxylic acid groups (broad SMARTS) is 2. The van der Waals surface area contributed by atoms with Gasteiger partial charge >= 0.3 is 11.1 Å². The number of nitrogens with one attached hydrogen (secondary N) is 1.